The SMILES string of the molecule is CN(C)C(=O)[C@H]1CC[C@@H](OS(C)(=O)=O)[C@@H](NS(=O)(=O)NC(=O)OCc2ccccc2)C1. The molecular formula is C18H27N3O8S2. The molecule has 174 valence electrons. The van der Waals surface area contributed by atoms with E-state index in [0.29, 0.717) is 12.0 Å². The second kappa shape index (κ2) is 10.4. The second-order valence-electron chi connectivity index (χ2n) is 7.47. The van der Waals surface area contributed by atoms with Gasteiger partial charge in [-0.3, -0.25) is 8.98 Å². The predicted octanol–water partition coefficient (Wildman–Crippen LogP) is 0.349. The van der Waals surface area contributed by atoms with E-state index in [-0.39, 0.29) is 25.4 Å². The van der Waals surface area contributed by atoms with Crippen molar-refractivity contribution in [2.45, 2.75) is 38.0 Å². The summed E-state index contributed by atoms with van der Waals surface area (Å²) < 4.78 is 61.8. The smallest absolute Gasteiger partial charge is 0.422 e. The molecular weight excluding hydrogens is 450 g/mol. The Morgan fingerprint density at radius 2 is 1.74 bits per heavy atom. The standard InChI is InChI=1S/C18H27N3O8S2/c1-21(2)17(22)14-9-10-16(29-30(3,24)25)15(11-14)19-31(26,27)20-18(23)28-12-13-7-5-4-6-8-13/h4-8,14-16,19H,9-12H2,1-3H3,(H,20,23)/t14-,15-,16+/m0/s1. The first-order valence-electron chi connectivity index (χ1n) is 9.46. The highest BCUT2D eigenvalue weighted by atomic mass is 32.2. The van der Waals surface area contributed by atoms with Gasteiger partial charge in [-0.2, -0.15) is 21.6 Å². The third kappa shape index (κ3) is 8.44. The molecule has 13 heteroatoms. The number of carbonyl (C=O) groups excluding carboxylic acids is 2. The van der Waals surface area contributed by atoms with Crippen LogP contribution < -0.4 is 9.44 Å². The van der Waals surface area contributed by atoms with Crippen LogP contribution in [0.4, 0.5) is 4.79 Å². The van der Waals surface area contributed by atoms with Crippen LogP contribution in [0.15, 0.2) is 30.3 Å². The first-order chi connectivity index (χ1) is 14.4. The fourth-order valence-corrected chi connectivity index (χ4v) is 4.95. The number of rotatable bonds is 8. The molecule has 1 aromatic rings. The number of ether oxygens (including phenoxy) is 1. The average molecular weight is 478 g/mol. The molecule has 0 bridgehead atoms. The summed E-state index contributed by atoms with van der Waals surface area (Å²) in [4.78, 5) is 25.6. The van der Waals surface area contributed by atoms with E-state index in [1.54, 1.807) is 49.1 Å². The Morgan fingerprint density at radius 3 is 2.32 bits per heavy atom. The molecule has 1 aliphatic carbocycles. The van der Waals surface area contributed by atoms with Gasteiger partial charge in [0.25, 0.3) is 10.1 Å². The largest absolute Gasteiger partial charge is 0.444 e. The summed E-state index contributed by atoms with van der Waals surface area (Å²) in [5.74, 6) is -0.732. The monoisotopic (exact) mass is 477 g/mol. The van der Waals surface area contributed by atoms with Crippen LogP contribution in [0.3, 0.4) is 0 Å². The molecule has 0 aromatic heterocycles. The van der Waals surface area contributed by atoms with Crippen molar-refractivity contribution in [2.24, 2.45) is 5.92 Å². The summed E-state index contributed by atoms with van der Waals surface area (Å²) in [7, 11) is -5.14. The van der Waals surface area contributed by atoms with Gasteiger partial charge in [0, 0.05) is 20.0 Å². The predicted molar refractivity (Wildman–Crippen MR) is 111 cm³/mol. The fourth-order valence-electron chi connectivity index (χ4n) is 3.29. The lowest BCUT2D eigenvalue weighted by molar-refractivity contribution is -0.134. The molecule has 11 nitrogen and oxygen atoms in total. The van der Waals surface area contributed by atoms with E-state index in [1.807, 2.05) is 0 Å². The number of hydrogen-bond donors (Lipinski definition) is 2. The van der Waals surface area contributed by atoms with E-state index in [1.165, 1.54) is 4.90 Å². The lowest BCUT2D eigenvalue weighted by Crippen LogP contribution is -2.54. The lowest BCUT2D eigenvalue weighted by atomic mass is 9.83. The number of amides is 2. The molecule has 0 aliphatic heterocycles. The maximum Gasteiger partial charge on any atom is 0.422 e. The van der Waals surface area contributed by atoms with Gasteiger partial charge in [0.15, 0.2) is 0 Å². The van der Waals surface area contributed by atoms with E-state index in [2.05, 4.69) is 4.72 Å². The summed E-state index contributed by atoms with van der Waals surface area (Å²) in [6.07, 6.45) is -0.872. The molecule has 3 atom stereocenters. The molecule has 1 aliphatic rings. The Kier molecular flexibility index (Phi) is 8.40. The minimum atomic E-state index is -4.42. The van der Waals surface area contributed by atoms with Crippen molar-refractivity contribution in [1.29, 1.82) is 0 Å². The molecule has 1 aromatic carbocycles. The van der Waals surface area contributed by atoms with E-state index < -0.39 is 44.5 Å². The van der Waals surface area contributed by atoms with Crippen LogP contribution in [0.1, 0.15) is 24.8 Å². The minimum absolute atomic E-state index is 0.0111. The van der Waals surface area contributed by atoms with Gasteiger partial charge in [0.05, 0.1) is 18.4 Å². The molecule has 2 N–H and O–H groups in total. The number of hydrogen-bond acceptors (Lipinski definition) is 8. The van der Waals surface area contributed by atoms with Crippen LogP contribution in [0.2, 0.25) is 0 Å². The van der Waals surface area contributed by atoms with Crippen LogP contribution in [0.25, 0.3) is 0 Å². The first-order valence-corrected chi connectivity index (χ1v) is 12.8. The summed E-state index contributed by atoms with van der Waals surface area (Å²) in [5, 5.41) is 0. The van der Waals surface area contributed by atoms with Gasteiger partial charge in [-0.1, -0.05) is 30.3 Å². The maximum absolute atomic E-state index is 12.4. The Balaban J connectivity index is 2.05. The summed E-state index contributed by atoms with van der Waals surface area (Å²) in [6, 6.07) is 7.63. The molecule has 1 fully saturated rings. The van der Waals surface area contributed by atoms with Crippen molar-refractivity contribution < 1.29 is 35.3 Å². The van der Waals surface area contributed by atoms with Crippen molar-refractivity contribution in [3.8, 4) is 0 Å². The minimum Gasteiger partial charge on any atom is -0.444 e. The van der Waals surface area contributed by atoms with Crippen LogP contribution >= 0.6 is 0 Å². The Hall–Kier alpha value is -2.22. The normalized spacial score (nSPS) is 21.8. The molecule has 0 radical (unpaired) electrons. The molecule has 0 heterocycles. The van der Waals surface area contributed by atoms with Gasteiger partial charge < -0.3 is 9.64 Å². The van der Waals surface area contributed by atoms with Gasteiger partial charge in [0.1, 0.15) is 6.61 Å². The highest BCUT2D eigenvalue weighted by Crippen LogP contribution is 2.29. The Labute approximate surface area is 182 Å². The molecule has 2 amide bonds. The van der Waals surface area contributed by atoms with E-state index in [4.69, 9.17) is 8.92 Å². The van der Waals surface area contributed by atoms with Gasteiger partial charge >= 0.3 is 16.3 Å². The molecule has 0 saturated heterocycles. The van der Waals surface area contributed by atoms with E-state index >= 15 is 0 Å². The van der Waals surface area contributed by atoms with Gasteiger partial charge in [-0.05, 0) is 24.8 Å². The number of nitrogens with one attached hydrogen (secondary N) is 2. The maximum atomic E-state index is 12.4. The fraction of sp³-hybridized carbons (Fsp3) is 0.556. The zero-order valence-corrected chi connectivity index (χ0v) is 19.1. The second-order valence-corrected chi connectivity index (χ2v) is 10.5. The number of benzene rings is 1. The number of nitrogens with zero attached hydrogens (tertiary/aromatic N) is 1. The molecule has 31 heavy (non-hydrogen) atoms. The average Bonchev–Trinajstić information content (AvgIpc) is 2.66. The van der Waals surface area contributed by atoms with Crippen molar-refractivity contribution in [3.63, 3.8) is 0 Å². The molecule has 0 unspecified atom stereocenters. The highest BCUT2D eigenvalue weighted by molar-refractivity contribution is 7.88. The van der Waals surface area contributed by atoms with Crippen molar-refractivity contribution in [3.05, 3.63) is 35.9 Å². The molecule has 1 saturated carbocycles. The Bertz CT molecular complexity index is 980. The third-order valence-corrected chi connectivity index (χ3v) is 6.26. The van der Waals surface area contributed by atoms with Crippen LogP contribution in [-0.4, -0.2) is 66.2 Å². The van der Waals surface area contributed by atoms with Crippen molar-refractivity contribution in [2.75, 3.05) is 20.4 Å². The summed E-state index contributed by atoms with van der Waals surface area (Å²) in [6.45, 7) is -0.134. The van der Waals surface area contributed by atoms with Gasteiger partial charge in [-0.25, -0.2) is 9.52 Å². The summed E-state index contributed by atoms with van der Waals surface area (Å²) in [5.41, 5.74) is 0.668. The third-order valence-electron chi connectivity index (χ3n) is 4.61. The van der Waals surface area contributed by atoms with Crippen molar-refractivity contribution >= 4 is 32.3 Å². The zero-order valence-electron chi connectivity index (χ0n) is 17.5. The quantitative estimate of drug-likeness (QED) is 0.510. The van der Waals surface area contributed by atoms with E-state index in [0.717, 1.165) is 6.26 Å². The molecule has 0 spiro atoms. The number of carbonyl (C=O) groups is 2. The lowest BCUT2D eigenvalue weighted by Gasteiger charge is -2.35. The van der Waals surface area contributed by atoms with Gasteiger partial charge in [-0.15, -0.1) is 0 Å². The van der Waals surface area contributed by atoms with E-state index in [9.17, 15) is 26.4 Å². The van der Waals surface area contributed by atoms with Crippen LogP contribution in [0, 0.1) is 5.92 Å². The van der Waals surface area contributed by atoms with Crippen molar-refractivity contribution in [1.82, 2.24) is 14.3 Å². The topological polar surface area (TPSA) is 148 Å². The van der Waals surface area contributed by atoms with Crippen LogP contribution in [0.5, 0.6) is 0 Å². The first kappa shape index (κ1) is 25.0. The van der Waals surface area contributed by atoms with Crippen LogP contribution in [-0.2, 0) is 40.6 Å². The van der Waals surface area contributed by atoms with Gasteiger partial charge in [0.2, 0.25) is 5.91 Å². The zero-order chi connectivity index (χ0) is 23.2. The summed E-state index contributed by atoms with van der Waals surface area (Å²) >= 11 is 0. The highest BCUT2D eigenvalue weighted by Gasteiger charge is 2.39. The molecule has 2 rings (SSSR count). The Morgan fingerprint density at radius 1 is 1.10 bits per heavy atom.